The Kier molecular flexibility index (Phi) is 4.34. The van der Waals surface area contributed by atoms with Crippen molar-refractivity contribution in [2.24, 2.45) is 4.99 Å². The van der Waals surface area contributed by atoms with Gasteiger partial charge in [0.1, 0.15) is 5.82 Å². The van der Waals surface area contributed by atoms with Crippen molar-refractivity contribution in [1.29, 1.82) is 0 Å². The van der Waals surface area contributed by atoms with Gasteiger partial charge in [0.05, 0.1) is 6.54 Å². The van der Waals surface area contributed by atoms with Crippen molar-refractivity contribution in [1.82, 2.24) is 4.90 Å². The number of hydrogen-bond acceptors (Lipinski definition) is 2. The maximum Gasteiger partial charge on any atom is 0.254 e. The third-order valence-corrected chi connectivity index (χ3v) is 6.08. The summed E-state index contributed by atoms with van der Waals surface area (Å²) in [6.07, 6.45) is 7.22. The molecule has 1 atom stereocenters. The smallest absolute Gasteiger partial charge is 0.254 e. The van der Waals surface area contributed by atoms with Gasteiger partial charge in [-0.1, -0.05) is 24.3 Å². The quantitative estimate of drug-likeness (QED) is 0.739. The molecule has 3 aliphatic rings. The summed E-state index contributed by atoms with van der Waals surface area (Å²) >= 11 is 0. The van der Waals surface area contributed by atoms with E-state index in [1.165, 1.54) is 23.3 Å². The topological polar surface area (TPSA) is 32.7 Å². The normalized spacial score (nSPS) is 21.0. The number of aliphatic imine (C=N–C) groups is 1. The Morgan fingerprint density at radius 1 is 1.00 bits per heavy atom. The van der Waals surface area contributed by atoms with Crippen LogP contribution in [0.2, 0.25) is 0 Å². The van der Waals surface area contributed by atoms with Crippen LogP contribution in [0.25, 0.3) is 11.1 Å². The van der Waals surface area contributed by atoms with E-state index >= 15 is 0 Å². The molecule has 28 heavy (non-hydrogen) atoms. The SMILES string of the molecule is O=C(c1ccc(-c2cccc(F)c2)cc1)N(C1CC1)C1CCC2=C(C=NC2)C1. The number of hydrogen-bond donors (Lipinski definition) is 0. The Hall–Kier alpha value is -2.75. The molecule has 0 bridgehead atoms. The maximum atomic E-state index is 13.5. The fourth-order valence-corrected chi connectivity index (χ4v) is 4.43. The second-order valence-electron chi connectivity index (χ2n) is 8.03. The molecule has 1 amide bonds. The molecule has 1 aliphatic heterocycles. The van der Waals surface area contributed by atoms with Crippen molar-refractivity contribution in [2.75, 3.05) is 6.54 Å². The molecule has 2 aromatic rings. The van der Waals surface area contributed by atoms with Crippen LogP contribution in [0.1, 0.15) is 42.5 Å². The zero-order valence-electron chi connectivity index (χ0n) is 15.8. The van der Waals surface area contributed by atoms with Gasteiger partial charge in [0, 0.05) is 23.9 Å². The first-order chi connectivity index (χ1) is 13.7. The third-order valence-electron chi connectivity index (χ3n) is 6.08. The Morgan fingerprint density at radius 2 is 1.82 bits per heavy atom. The summed E-state index contributed by atoms with van der Waals surface area (Å²) in [5.41, 5.74) is 5.26. The standard InChI is InChI=1S/C24H23FN2O/c25-21-3-1-2-18(12-21)16-4-6-17(7-5-16)24(28)27(22-10-11-22)23-9-8-19-14-26-15-20(19)13-23/h1-7,12,15,22-23H,8-11,13-14H2. The molecule has 1 heterocycles. The summed E-state index contributed by atoms with van der Waals surface area (Å²) in [6.45, 7) is 0.848. The van der Waals surface area contributed by atoms with Crippen LogP contribution in [-0.4, -0.2) is 35.7 Å². The van der Waals surface area contributed by atoms with E-state index in [0.29, 0.717) is 11.6 Å². The average Bonchev–Trinajstić information content (AvgIpc) is 3.44. The summed E-state index contributed by atoms with van der Waals surface area (Å²) in [4.78, 5) is 19.9. The van der Waals surface area contributed by atoms with Crippen LogP contribution in [0.4, 0.5) is 4.39 Å². The number of amides is 1. The molecule has 1 fully saturated rings. The van der Waals surface area contributed by atoms with Crippen molar-refractivity contribution in [3.05, 3.63) is 71.1 Å². The van der Waals surface area contributed by atoms with Gasteiger partial charge in [0.25, 0.3) is 5.91 Å². The highest BCUT2D eigenvalue weighted by molar-refractivity contribution is 5.95. The summed E-state index contributed by atoms with van der Waals surface area (Å²) in [7, 11) is 0. The number of carbonyl (C=O) groups is 1. The molecule has 3 nitrogen and oxygen atoms in total. The van der Waals surface area contributed by atoms with Crippen molar-refractivity contribution >= 4 is 12.1 Å². The van der Waals surface area contributed by atoms with Gasteiger partial charge in [0.15, 0.2) is 0 Å². The lowest BCUT2D eigenvalue weighted by Crippen LogP contribution is -2.43. The van der Waals surface area contributed by atoms with Crippen molar-refractivity contribution in [2.45, 2.75) is 44.2 Å². The minimum atomic E-state index is -0.251. The number of halogens is 1. The Labute approximate surface area is 164 Å². The largest absolute Gasteiger partial charge is 0.332 e. The fraction of sp³-hybridized carbons (Fsp3) is 0.333. The molecule has 142 valence electrons. The van der Waals surface area contributed by atoms with Crippen LogP contribution in [0.15, 0.2) is 64.7 Å². The van der Waals surface area contributed by atoms with Gasteiger partial charge in [-0.15, -0.1) is 0 Å². The number of nitrogens with zero attached hydrogens (tertiary/aromatic N) is 2. The molecule has 5 rings (SSSR count). The van der Waals surface area contributed by atoms with Gasteiger partial charge >= 0.3 is 0 Å². The molecule has 2 aromatic carbocycles. The Morgan fingerprint density at radius 3 is 2.57 bits per heavy atom. The summed E-state index contributed by atoms with van der Waals surface area (Å²) in [5, 5.41) is 0. The van der Waals surface area contributed by atoms with Crippen LogP contribution in [0.5, 0.6) is 0 Å². The molecule has 2 aliphatic carbocycles. The molecule has 0 N–H and O–H groups in total. The minimum Gasteiger partial charge on any atom is -0.332 e. The third kappa shape index (κ3) is 3.28. The molecule has 0 spiro atoms. The average molecular weight is 374 g/mol. The summed E-state index contributed by atoms with van der Waals surface area (Å²) in [5.74, 6) is -0.128. The second-order valence-corrected chi connectivity index (χ2v) is 8.03. The van der Waals surface area contributed by atoms with E-state index in [4.69, 9.17) is 0 Å². The van der Waals surface area contributed by atoms with Gasteiger partial charge in [-0.25, -0.2) is 4.39 Å². The molecular formula is C24H23FN2O. The fourth-order valence-electron chi connectivity index (χ4n) is 4.43. The van der Waals surface area contributed by atoms with Crippen LogP contribution in [0.3, 0.4) is 0 Å². The molecule has 0 radical (unpaired) electrons. The Balaban J connectivity index is 1.37. The minimum absolute atomic E-state index is 0.122. The molecule has 1 unspecified atom stereocenters. The Bertz CT molecular complexity index is 972. The van der Waals surface area contributed by atoms with E-state index in [0.717, 1.165) is 49.8 Å². The van der Waals surface area contributed by atoms with Gasteiger partial charge in [-0.2, -0.15) is 0 Å². The molecule has 1 saturated carbocycles. The van der Waals surface area contributed by atoms with Gasteiger partial charge in [-0.05, 0) is 78.6 Å². The summed E-state index contributed by atoms with van der Waals surface area (Å²) < 4.78 is 13.5. The van der Waals surface area contributed by atoms with E-state index in [1.54, 1.807) is 6.07 Å². The van der Waals surface area contributed by atoms with Gasteiger partial charge in [-0.3, -0.25) is 9.79 Å². The highest BCUT2D eigenvalue weighted by atomic mass is 19.1. The first-order valence-electron chi connectivity index (χ1n) is 10.1. The van der Waals surface area contributed by atoms with Gasteiger partial charge in [0.2, 0.25) is 0 Å². The van der Waals surface area contributed by atoms with E-state index in [1.807, 2.05) is 36.5 Å². The highest BCUT2D eigenvalue weighted by Crippen LogP contribution is 2.37. The molecule has 4 heteroatoms. The van der Waals surface area contributed by atoms with Crippen LogP contribution < -0.4 is 0 Å². The second kappa shape index (κ2) is 7.01. The summed E-state index contributed by atoms with van der Waals surface area (Å²) in [6, 6.07) is 14.8. The van der Waals surface area contributed by atoms with E-state index in [-0.39, 0.29) is 17.8 Å². The predicted molar refractivity (Wildman–Crippen MR) is 109 cm³/mol. The lowest BCUT2D eigenvalue weighted by Gasteiger charge is -2.35. The van der Waals surface area contributed by atoms with Crippen molar-refractivity contribution in [3.8, 4) is 11.1 Å². The lowest BCUT2D eigenvalue weighted by molar-refractivity contribution is 0.0645. The number of benzene rings is 2. The monoisotopic (exact) mass is 374 g/mol. The van der Waals surface area contributed by atoms with Crippen LogP contribution >= 0.6 is 0 Å². The first-order valence-corrected chi connectivity index (χ1v) is 10.1. The number of carbonyl (C=O) groups excluding carboxylic acids is 1. The van der Waals surface area contributed by atoms with Gasteiger partial charge < -0.3 is 4.90 Å². The van der Waals surface area contributed by atoms with Crippen molar-refractivity contribution < 1.29 is 9.18 Å². The highest BCUT2D eigenvalue weighted by Gasteiger charge is 2.39. The van der Waals surface area contributed by atoms with E-state index in [2.05, 4.69) is 9.89 Å². The number of rotatable bonds is 4. The van der Waals surface area contributed by atoms with Crippen LogP contribution in [0, 0.1) is 5.82 Å². The van der Waals surface area contributed by atoms with E-state index < -0.39 is 0 Å². The lowest BCUT2D eigenvalue weighted by atomic mass is 9.88. The molecule has 0 aromatic heterocycles. The van der Waals surface area contributed by atoms with Crippen molar-refractivity contribution in [3.63, 3.8) is 0 Å². The first kappa shape index (κ1) is 17.4. The molecule has 0 saturated heterocycles. The maximum absolute atomic E-state index is 13.5. The zero-order valence-corrected chi connectivity index (χ0v) is 15.8. The predicted octanol–water partition coefficient (Wildman–Crippen LogP) is 5.03. The zero-order chi connectivity index (χ0) is 19.1. The van der Waals surface area contributed by atoms with E-state index in [9.17, 15) is 9.18 Å². The molecular weight excluding hydrogens is 351 g/mol. The van der Waals surface area contributed by atoms with Crippen LogP contribution in [-0.2, 0) is 0 Å².